The van der Waals surface area contributed by atoms with Crippen molar-refractivity contribution in [2.45, 2.75) is 13.8 Å². The van der Waals surface area contributed by atoms with Crippen LogP contribution in [0.3, 0.4) is 0 Å². The van der Waals surface area contributed by atoms with Crippen molar-refractivity contribution in [3.05, 3.63) is 24.0 Å². The van der Waals surface area contributed by atoms with E-state index in [1.807, 2.05) is 0 Å². The van der Waals surface area contributed by atoms with Crippen molar-refractivity contribution in [1.29, 1.82) is 0 Å². The molecule has 18 heavy (non-hydrogen) atoms. The standard InChI is InChI=1S/C14H22FN3/c1-11(2)10-17-5-7-18(8-6-17)14-4-3-12(15)9-13(14)16/h3-4,9,11H,5-8,10,16H2,1-2H3. The Morgan fingerprint density at radius 3 is 2.44 bits per heavy atom. The lowest BCUT2D eigenvalue weighted by molar-refractivity contribution is 0.231. The van der Waals surface area contributed by atoms with E-state index in [2.05, 4.69) is 23.6 Å². The van der Waals surface area contributed by atoms with Crippen LogP contribution in [0.1, 0.15) is 13.8 Å². The van der Waals surface area contributed by atoms with Crippen molar-refractivity contribution >= 4 is 11.4 Å². The topological polar surface area (TPSA) is 32.5 Å². The zero-order valence-electron chi connectivity index (χ0n) is 11.2. The van der Waals surface area contributed by atoms with Gasteiger partial charge in [-0.1, -0.05) is 13.8 Å². The summed E-state index contributed by atoms with van der Waals surface area (Å²) in [4.78, 5) is 4.71. The summed E-state index contributed by atoms with van der Waals surface area (Å²) in [7, 11) is 0. The minimum Gasteiger partial charge on any atom is -0.397 e. The quantitative estimate of drug-likeness (QED) is 0.836. The number of hydrogen-bond acceptors (Lipinski definition) is 3. The fourth-order valence-electron chi connectivity index (χ4n) is 2.50. The molecule has 1 saturated heterocycles. The molecular weight excluding hydrogens is 229 g/mol. The zero-order valence-corrected chi connectivity index (χ0v) is 11.2. The summed E-state index contributed by atoms with van der Waals surface area (Å²) in [6, 6.07) is 4.66. The maximum Gasteiger partial charge on any atom is 0.125 e. The summed E-state index contributed by atoms with van der Waals surface area (Å²) >= 11 is 0. The summed E-state index contributed by atoms with van der Waals surface area (Å²) in [6.07, 6.45) is 0. The highest BCUT2D eigenvalue weighted by atomic mass is 19.1. The second-order valence-electron chi connectivity index (χ2n) is 5.38. The van der Waals surface area contributed by atoms with Crippen LogP contribution >= 0.6 is 0 Å². The highest BCUT2D eigenvalue weighted by molar-refractivity contribution is 5.67. The smallest absolute Gasteiger partial charge is 0.125 e. The van der Waals surface area contributed by atoms with Gasteiger partial charge in [-0.05, 0) is 24.1 Å². The number of anilines is 2. The predicted octanol–water partition coefficient (Wildman–Crippen LogP) is 2.19. The van der Waals surface area contributed by atoms with Gasteiger partial charge < -0.3 is 10.6 Å². The lowest BCUT2D eigenvalue weighted by atomic mass is 10.1. The molecular formula is C14H22FN3. The van der Waals surface area contributed by atoms with Crippen LogP contribution in [0.2, 0.25) is 0 Å². The van der Waals surface area contributed by atoms with Crippen LogP contribution in [-0.2, 0) is 0 Å². The Bertz CT molecular complexity index is 398. The first kappa shape index (κ1) is 13.1. The maximum atomic E-state index is 13.0. The Hall–Kier alpha value is -1.29. The largest absolute Gasteiger partial charge is 0.397 e. The van der Waals surface area contributed by atoms with Gasteiger partial charge in [0.1, 0.15) is 5.82 Å². The van der Waals surface area contributed by atoms with E-state index < -0.39 is 0 Å². The lowest BCUT2D eigenvalue weighted by Crippen LogP contribution is -2.47. The van der Waals surface area contributed by atoms with E-state index >= 15 is 0 Å². The second-order valence-corrected chi connectivity index (χ2v) is 5.38. The molecule has 0 aromatic heterocycles. The molecule has 0 saturated carbocycles. The van der Waals surface area contributed by atoms with Crippen LogP contribution in [0.4, 0.5) is 15.8 Å². The van der Waals surface area contributed by atoms with Crippen LogP contribution in [0.25, 0.3) is 0 Å². The summed E-state index contributed by atoms with van der Waals surface area (Å²) < 4.78 is 13.0. The molecule has 0 spiro atoms. The predicted molar refractivity (Wildman–Crippen MR) is 74.3 cm³/mol. The van der Waals surface area contributed by atoms with Gasteiger partial charge in [-0.25, -0.2) is 4.39 Å². The van der Waals surface area contributed by atoms with Crippen molar-refractivity contribution in [2.24, 2.45) is 5.92 Å². The van der Waals surface area contributed by atoms with E-state index in [9.17, 15) is 4.39 Å². The van der Waals surface area contributed by atoms with Gasteiger partial charge in [-0.2, -0.15) is 0 Å². The third-order valence-corrected chi connectivity index (χ3v) is 3.33. The number of halogens is 1. The first-order valence-electron chi connectivity index (χ1n) is 6.58. The normalized spacial score (nSPS) is 17.4. The van der Waals surface area contributed by atoms with Gasteiger partial charge in [0.05, 0.1) is 11.4 Å². The number of piperazine rings is 1. The average Bonchev–Trinajstić information content (AvgIpc) is 2.30. The Morgan fingerprint density at radius 2 is 1.89 bits per heavy atom. The fraction of sp³-hybridized carbons (Fsp3) is 0.571. The Labute approximate surface area is 108 Å². The third-order valence-electron chi connectivity index (χ3n) is 3.33. The van der Waals surface area contributed by atoms with Gasteiger partial charge in [-0.15, -0.1) is 0 Å². The van der Waals surface area contributed by atoms with Gasteiger partial charge in [-0.3, -0.25) is 4.90 Å². The number of rotatable bonds is 3. The van der Waals surface area contributed by atoms with Crippen molar-refractivity contribution in [3.8, 4) is 0 Å². The van der Waals surface area contributed by atoms with E-state index in [1.165, 1.54) is 12.1 Å². The molecule has 0 radical (unpaired) electrons. The van der Waals surface area contributed by atoms with Gasteiger partial charge >= 0.3 is 0 Å². The number of nitrogens with zero attached hydrogens (tertiary/aromatic N) is 2. The molecule has 0 amide bonds. The molecule has 1 aliphatic heterocycles. The molecule has 1 aliphatic rings. The van der Waals surface area contributed by atoms with Gasteiger partial charge in [0, 0.05) is 32.7 Å². The molecule has 0 unspecified atom stereocenters. The molecule has 1 aromatic rings. The van der Waals surface area contributed by atoms with E-state index in [0.717, 1.165) is 38.4 Å². The molecule has 0 bridgehead atoms. The molecule has 4 heteroatoms. The summed E-state index contributed by atoms with van der Waals surface area (Å²) in [5, 5.41) is 0. The molecule has 0 aliphatic carbocycles. The van der Waals surface area contributed by atoms with E-state index in [-0.39, 0.29) is 5.82 Å². The number of hydrogen-bond donors (Lipinski definition) is 1. The highest BCUT2D eigenvalue weighted by Gasteiger charge is 2.19. The average molecular weight is 251 g/mol. The van der Waals surface area contributed by atoms with Crippen LogP contribution in [0.15, 0.2) is 18.2 Å². The zero-order chi connectivity index (χ0) is 13.1. The summed E-state index contributed by atoms with van der Waals surface area (Å²) in [5.74, 6) is 0.433. The van der Waals surface area contributed by atoms with Gasteiger partial charge in [0.15, 0.2) is 0 Å². The van der Waals surface area contributed by atoms with E-state index in [1.54, 1.807) is 6.07 Å². The second kappa shape index (κ2) is 5.57. The Morgan fingerprint density at radius 1 is 1.22 bits per heavy atom. The van der Waals surface area contributed by atoms with E-state index in [4.69, 9.17) is 5.73 Å². The molecule has 2 N–H and O–H groups in total. The van der Waals surface area contributed by atoms with Crippen molar-refractivity contribution in [3.63, 3.8) is 0 Å². The lowest BCUT2D eigenvalue weighted by Gasteiger charge is -2.37. The van der Waals surface area contributed by atoms with Crippen molar-refractivity contribution < 1.29 is 4.39 Å². The van der Waals surface area contributed by atoms with Crippen molar-refractivity contribution in [1.82, 2.24) is 4.90 Å². The molecule has 1 heterocycles. The minimum atomic E-state index is -0.269. The van der Waals surface area contributed by atoms with Gasteiger partial charge in [0.2, 0.25) is 0 Å². The van der Waals surface area contributed by atoms with Crippen LogP contribution in [0, 0.1) is 11.7 Å². The highest BCUT2D eigenvalue weighted by Crippen LogP contribution is 2.25. The molecule has 3 nitrogen and oxygen atoms in total. The van der Waals surface area contributed by atoms with Crippen LogP contribution < -0.4 is 10.6 Å². The molecule has 2 rings (SSSR count). The third kappa shape index (κ3) is 3.13. The molecule has 0 atom stereocenters. The Balaban J connectivity index is 1.97. The monoisotopic (exact) mass is 251 g/mol. The SMILES string of the molecule is CC(C)CN1CCN(c2ccc(F)cc2N)CC1. The molecule has 100 valence electrons. The summed E-state index contributed by atoms with van der Waals surface area (Å²) in [6.45, 7) is 9.65. The first-order chi connectivity index (χ1) is 8.56. The van der Waals surface area contributed by atoms with Crippen molar-refractivity contribution in [2.75, 3.05) is 43.4 Å². The van der Waals surface area contributed by atoms with E-state index in [0.29, 0.717) is 11.6 Å². The molecule has 1 aromatic carbocycles. The number of benzene rings is 1. The maximum absolute atomic E-state index is 13.0. The molecule has 1 fully saturated rings. The van der Waals surface area contributed by atoms with Crippen LogP contribution in [-0.4, -0.2) is 37.6 Å². The number of nitrogens with two attached hydrogens (primary N) is 1. The summed E-state index contributed by atoms with van der Waals surface area (Å²) in [5.41, 5.74) is 7.37. The van der Waals surface area contributed by atoms with Crippen LogP contribution in [0.5, 0.6) is 0 Å². The van der Waals surface area contributed by atoms with Gasteiger partial charge in [0.25, 0.3) is 0 Å². The first-order valence-corrected chi connectivity index (χ1v) is 6.58. The minimum absolute atomic E-state index is 0.269. The number of nitrogen functional groups attached to an aromatic ring is 1. The fourth-order valence-corrected chi connectivity index (χ4v) is 2.50. The Kier molecular flexibility index (Phi) is 4.07.